The quantitative estimate of drug-likeness (QED) is 0.830. The Morgan fingerprint density at radius 2 is 2.17 bits per heavy atom. The number of carbonyl (C=O) groups is 1. The van der Waals surface area contributed by atoms with Gasteiger partial charge in [-0.1, -0.05) is 11.6 Å². The second kappa shape index (κ2) is 5.75. The number of halogens is 2. The van der Waals surface area contributed by atoms with Crippen LogP contribution in [0.15, 0.2) is 34.7 Å². The highest BCUT2D eigenvalue weighted by Gasteiger charge is 2.11. The Labute approximate surface area is 124 Å². The van der Waals surface area contributed by atoms with Crippen molar-refractivity contribution >= 4 is 40.1 Å². The van der Waals surface area contributed by atoms with Crippen LogP contribution in [0.4, 0.5) is 0 Å². The summed E-state index contributed by atoms with van der Waals surface area (Å²) in [5.41, 5.74) is 0.575. The zero-order chi connectivity index (χ0) is 13.1. The molecule has 0 atom stereocenters. The number of rotatable bonds is 3. The molecule has 2 aromatic rings. The molecule has 3 nitrogen and oxygen atoms in total. The number of benzene rings is 1. The highest BCUT2D eigenvalue weighted by atomic mass is 127. The highest BCUT2D eigenvalue weighted by Crippen LogP contribution is 2.18. The van der Waals surface area contributed by atoms with Gasteiger partial charge in [-0.05, 0) is 59.8 Å². The zero-order valence-corrected chi connectivity index (χ0v) is 12.6. The third-order valence-electron chi connectivity index (χ3n) is 2.39. The van der Waals surface area contributed by atoms with Crippen LogP contribution in [0.2, 0.25) is 5.02 Å². The minimum atomic E-state index is -0.157. The van der Waals surface area contributed by atoms with Gasteiger partial charge in [0.1, 0.15) is 11.5 Å². The molecule has 1 aromatic heterocycles. The van der Waals surface area contributed by atoms with Crippen molar-refractivity contribution < 1.29 is 9.21 Å². The van der Waals surface area contributed by atoms with Gasteiger partial charge in [0.15, 0.2) is 0 Å². The van der Waals surface area contributed by atoms with E-state index in [0.717, 1.165) is 15.1 Å². The predicted octanol–water partition coefficient (Wildman–Crippen LogP) is 3.78. The normalized spacial score (nSPS) is 10.4. The number of hydrogen-bond acceptors (Lipinski definition) is 2. The topological polar surface area (TPSA) is 42.2 Å². The van der Waals surface area contributed by atoms with Crippen LogP contribution in [0.5, 0.6) is 0 Å². The fourth-order valence-corrected chi connectivity index (χ4v) is 2.27. The van der Waals surface area contributed by atoms with Crippen LogP contribution < -0.4 is 5.32 Å². The van der Waals surface area contributed by atoms with Crippen molar-refractivity contribution in [3.05, 3.63) is 56.0 Å². The summed E-state index contributed by atoms with van der Waals surface area (Å²) in [4.78, 5) is 12.0. The number of hydrogen-bond donors (Lipinski definition) is 1. The molecule has 5 heteroatoms. The standard InChI is InChI=1S/C13H11ClINO2/c1-8-2-4-10(18-8)7-16-13(17)11-6-9(14)3-5-12(11)15/h2-6H,7H2,1H3,(H,16,17). The molecular formula is C13H11ClINO2. The number of carbonyl (C=O) groups excluding carboxylic acids is 1. The molecule has 0 saturated carbocycles. The van der Waals surface area contributed by atoms with Crippen molar-refractivity contribution in [3.63, 3.8) is 0 Å². The summed E-state index contributed by atoms with van der Waals surface area (Å²) < 4.78 is 6.25. The minimum Gasteiger partial charge on any atom is -0.465 e. The summed E-state index contributed by atoms with van der Waals surface area (Å²) in [7, 11) is 0. The fraction of sp³-hybridized carbons (Fsp3) is 0.154. The Morgan fingerprint density at radius 1 is 1.39 bits per heavy atom. The first-order valence-electron chi connectivity index (χ1n) is 5.35. The maximum absolute atomic E-state index is 12.0. The Morgan fingerprint density at radius 3 is 2.83 bits per heavy atom. The van der Waals surface area contributed by atoms with Crippen LogP contribution in [0.3, 0.4) is 0 Å². The van der Waals surface area contributed by atoms with Crippen molar-refractivity contribution in [1.82, 2.24) is 5.32 Å². The molecule has 0 aliphatic rings. The first kappa shape index (κ1) is 13.4. The van der Waals surface area contributed by atoms with Crippen LogP contribution in [0, 0.1) is 10.5 Å². The van der Waals surface area contributed by atoms with Gasteiger partial charge in [-0.25, -0.2) is 0 Å². The average molecular weight is 376 g/mol. The second-order valence-corrected chi connectivity index (χ2v) is 5.42. The molecule has 1 N–H and O–H groups in total. The van der Waals surface area contributed by atoms with Gasteiger partial charge in [0.25, 0.3) is 5.91 Å². The number of amides is 1. The van der Waals surface area contributed by atoms with Crippen LogP contribution in [-0.4, -0.2) is 5.91 Å². The van der Waals surface area contributed by atoms with E-state index in [4.69, 9.17) is 16.0 Å². The van der Waals surface area contributed by atoms with Gasteiger partial charge in [0.2, 0.25) is 0 Å². The average Bonchev–Trinajstić information content (AvgIpc) is 2.75. The monoisotopic (exact) mass is 375 g/mol. The Balaban J connectivity index is 2.05. The molecule has 0 saturated heterocycles. The molecule has 0 radical (unpaired) electrons. The first-order valence-corrected chi connectivity index (χ1v) is 6.80. The molecule has 94 valence electrons. The molecule has 0 aliphatic heterocycles. The minimum absolute atomic E-state index is 0.157. The summed E-state index contributed by atoms with van der Waals surface area (Å²) in [6.07, 6.45) is 0. The van der Waals surface area contributed by atoms with Crippen LogP contribution in [0.1, 0.15) is 21.9 Å². The van der Waals surface area contributed by atoms with Gasteiger partial charge in [-0.3, -0.25) is 4.79 Å². The van der Waals surface area contributed by atoms with E-state index in [2.05, 4.69) is 27.9 Å². The van der Waals surface area contributed by atoms with Crippen LogP contribution in [-0.2, 0) is 6.54 Å². The summed E-state index contributed by atoms with van der Waals surface area (Å²) in [5.74, 6) is 1.41. The first-order chi connectivity index (χ1) is 8.56. The summed E-state index contributed by atoms with van der Waals surface area (Å²) in [6, 6.07) is 8.94. The lowest BCUT2D eigenvalue weighted by atomic mass is 10.2. The third-order valence-corrected chi connectivity index (χ3v) is 3.57. The molecule has 0 fully saturated rings. The van der Waals surface area contributed by atoms with Gasteiger partial charge in [0.05, 0.1) is 12.1 Å². The molecule has 0 spiro atoms. The molecule has 1 aromatic carbocycles. The van der Waals surface area contributed by atoms with E-state index >= 15 is 0 Å². The lowest BCUT2D eigenvalue weighted by Crippen LogP contribution is -2.23. The largest absolute Gasteiger partial charge is 0.465 e. The van der Waals surface area contributed by atoms with Gasteiger partial charge in [0, 0.05) is 8.59 Å². The lowest BCUT2D eigenvalue weighted by molar-refractivity contribution is 0.0947. The van der Waals surface area contributed by atoms with Crippen molar-refractivity contribution in [2.45, 2.75) is 13.5 Å². The summed E-state index contributed by atoms with van der Waals surface area (Å²) in [5, 5.41) is 3.35. The molecule has 1 heterocycles. The fourth-order valence-electron chi connectivity index (χ4n) is 1.51. The van der Waals surface area contributed by atoms with Gasteiger partial charge in [-0.2, -0.15) is 0 Å². The third kappa shape index (κ3) is 3.26. The maximum Gasteiger partial charge on any atom is 0.252 e. The Hall–Kier alpha value is -1.01. The van der Waals surface area contributed by atoms with E-state index in [0.29, 0.717) is 17.1 Å². The van der Waals surface area contributed by atoms with Crippen molar-refractivity contribution in [2.75, 3.05) is 0 Å². The molecule has 0 bridgehead atoms. The number of nitrogens with one attached hydrogen (secondary N) is 1. The van der Waals surface area contributed by atoms with Gasteiger partial charge in [-0.15, -0.1) is 0 Å². The maximum atomic E-state index is 12.0. The molecule has 18 heavy (non-hydrogen) atoms. The number of aryl methyl sites for hydroxylation is 1. The van der Waals surface area contributed by atoms with Crippen molar-refractivity contribution in [2.24, 2.45) is 0 Å². The van der Waals surface area contributed by atoms with E-state index < -0.39 is 0 Å². The smallest absolute Gasteiger partial charge is 0.252 e. The zero-order valence-electron chi connectivity index (χ0n) is 9.67. The molecule has 0 aliphatic carbocycles. The molecule has 1 amide bonds. The molecule has 2 rings (SSSR count). The van der Waals surface area contributed by atoms with E-state index in [-0.39, 0.29) is 5.91 Å². The van der Waals surface area contributed by atoms with Crippen LogP contribution in [0.25, 0.3) is 0 Å². The van der Waals surface area contributed by atoms with E-state index in [1.54, 1.807) is 12.1 Å². The van der Waals surface area contributed by atoms with Crippen LogP contribution >= 0.6 is 34.2 Å². The van der Waals surface area contributed by atoms with E-state index in [9.17, 15) is 4.79 Å². The Kier molecular flexibility index (Phi) is 4.29. The van der Waals surface area contributed by atoms with Crippen molar-refractivity contribution in [3.8, 4) is 0 Å². The van der Waals surface area contributed by atoms with Gasteiger partial charge >= 0.3 is 0 Å². The second-order valence-electron chi connectivity index (χ2n) is 3.82. The van der Waals surface area contributed by atoms with E-state index in [1.807, 2.05) is 25.1 Å². The highest BCUT2D eigenvalue weighted by molar-refractivity contribution is 14.1. The SMILES string of the molecule is Cc1ccc(CNC(=O)c2cc(Cl)ccc2I)o1. The van der Waals surface area contributed by atoms with Gasteiger partial charge < -0.3 is 9.73 Å². The predicted molar refractivity (Wildman–Crippen MR) is 78.8 cm³/mol. The molecular weight excluding hydrogens is 365 g/mol. The van der Waals surface area contributed by atoms with E-state index in [1.165, 1.54) is 0 Å². The number of furan rings is 1. The molecule has 0 unspecified atom stereocenters. The van der Waals surface area contributed by atoms with Crippen molar-refractivity contribution in [1.29, 1.82) is 0 Å². The Bertz CT molecular complexity index is 580. The summed E-state index contributed by atoms with van der Waals surface area (Å²) >= 11 is 7.99. The lowest BCUT2D eigenvalue weighted by Gasteiger charge is -2.06. The summed E-state index contributed by atoms with van der Waals surface area (Å²) in [6.45, 7) is 2.24.